The van der Waals surface area contributed by atoms with E-state index in [2.05, 4.69) is 12.6 Å². The third-order valence-corrected chi connectivity index (χ3v) is 2.91. The highest BCUT2D eigenvalue weighted by atomic mass is 32.1. The van der Waals surface area contributed by atoms with E-state index < -0.39 is 0 Å². The Balaban J connectivity index is 2.74. The monoisotopic (exact) mass is 188 g/mol. The van der Waals surface area contributed by atoms with Crippen molar-refractivity contribution in [3.8, 4) is 0 Å². The van der Waals surface area contributed by atoms with Gasteiger partial charge >= 0.3 is 7.12 Å². The Morgan fingerprint density at radius 2 is 1.42 bits per heavy atom. The summed E-state index contributed by atoms with van der Waals surface area (Å²) in [6.07, 6.45) is 0. The lowest BCUT2D eigenvalue weighted by Gasteiger charge is -2.32. The van der Waals surface area contributed by atoms with E-state index in [4.69, 9.17) is 9.31 Å². The molecule has 1 fully saturated rings. The van der Waals surface area contributed by atoms with Gasteiger partial charge in [-0.15, -0.1) is 0 Å². The number of rotatable bonds is 1. The molecule has 0 aromatic heterocycles. The van der Waals surface area contributed by atoms with E-state index in [9.17, 15) is 0 Å². The van der Waals surface area contributed by atoms with Crippen LogP contribution in [0.3, 0.4) is 0 Å². The fourth-order valence-electron chi connectivity index (χ4n) is 1.09. The second kappa shape index (κ2) is 2.93. The molecule has 0 saturated carbocycles. The SMILES string of the molecule is CC(S)B1OC(C)(C)C(C)(C)O1. The Morgan fingerprint density at radius 1 is 1.08 bits per heavy atom. The molecule has 0 bridgehead atoms. The average Bonchev–Trinajstić information content (AvgIpc) is 2.03. The first-order chi connectivity index (χ1) is 5.26. The van der Waals surface area contributed by atoms with E-state index in [1.165, 1.54) is 0 Å². The summed E-state index contributed by atoms with van der Waals surface area (Å²) in [5, 5.41) is 0.117. The molecule has 12 heavy (non-hydrogen) atoms. The highest BCUT2D eigenvalue weighted by Crippen LogP contribution is 2.37. The first-order valence-corrected chi connectivity index (χ1v) is 4.81. The van der Waals surface area contributed by atoms with Crippen LogP contribution in [0.2, 0.25) is 0 Å². The molecule has 1 heterocycles. The van der Waals surface area contributed by atoms with Gasteiger partial charge in [0, 0.05) is 5.15 Å². The third-order valence-electron chi connectivity index (χ3n) is 2.67. The zero-order valence-electron chi connectivity index (χ0n) is 8.42. The van der Waals surface area contributed by atoms with Crippen molar-refractivity contribution >= 4 is 19.7 Å². The molecular formula is C8H17BO2S. The van der Waals surface area contributed by atoms with Crippen LogP contribution in [0.4, 0.5) is 0 Å². The molecular weight excluding hydrogens is 171 g/mol. The lowest BCUT2D eigenvalue weighted by Crippen LogP contribution is -2.41. The molecule has 0 amide bonds. The molecule has 0 aromatic carbocycles. The smallest absolute Gasteiger partial charge is 0.403 e. The molecule has 0 spiro atoms. The van der Waals surface area contributed by atoms with E-state index >= 15 is 0 Å². The van der Waals surface area contributed by atoms with Gasteiger partial charge in [-0.25, -0.2) is 0 Å². The lowest BCUT2D eigenvalue weighted by atomic mass is 9.85. The maximum Gasteiger partial charge on any atom is 0.471 e. The van der Waals surface area contributed by atoms with Crippen molar-refractivity contribution in [2.75, 3.05) is 0 Å². The maximum absolute atomic E-state index is 5.73. The Bertz CT molecular complexity index is 164. The van der Waals surface area contributed by atoms with Gasteiger partial charge in [0.05, 0.1) is 11.2 Å². The molecule has 1 atom stereocenters. The van der Waals surface area contributed by atoms with Crippen LogP contribution in [-0.4, -0.2) is 23.5 Å². The van der Waals surface area contributed by atoms with Crippen molar-refractivity contribution in [3.05, 3.63) is 0 Å². The molecule has 4 heteroatoms. The lowest BCUT2D eigenvalue weighted by molar-refractivity contribution is 0.00578. The van der Waals surface area contributed by atoms with E-state index in [0.717, 1.165) is 0 Å². The first kappa shape index (κ1) is 10.4. The van der Waals surface area contributed by atoms with Crippen LogP contribution in [-0.2, 0) is 9.31 Å². The normalized spacial score (nSPS) is 29.0. The summed E-state index contributed by atoms with van der Waals surface area (Å²) in [7, 11) is -0.182. The van der Waals surface area contributed by atoms with Crippen LogP contribution >= 0.6 is 12.6 Å². The topological polar surface area (TPSA) is 18.5 Å². The number of hydrogen-bond donors (Lipinski definition) is 1. The van der Waals surface area contributed by atoms with Gasteiger partial charge in [0.2, 0.25) is 0 Å². The van der Waals surface area contributed by atoms with Crippen molar-refractivity contribution in [1.29, 1.82) is 0 Å². The maximum atomic E-state index is 5.73. The van der Waals surface area contributed by atoms with E-state index in [-0.39, 0.29) is 23.5 Å². The van der Waals surface area contributed by atoms with Gasteiger partial charge in [0.25, 0.3) is 0 Å². The summed E-state index contributed by atoms with van der Waals surface area (Å²) in [5.41, 5.74) is -0.455. The zero-order valence-corrected chi connectivity index (χ0v) is 9.31. The molecule has 0 aromatic rings. The second-order valence-electron chi connectivity index (χ2n) is 4.37. The van der Waals surface area contributed by atoms with Crippen LogP contribution in [0, 0.1) is 0 Å². The molecule has 1 unspecified atom stereocenters. The van der Waals surface area contributed by atoms with Crippen molar-refractivity contribution in [3.63, 3.8) is 0 Å². The summed E-state index contributed by atoms with van der Waals surface area (Å²) in [6.45, 7) is 10.2. The van der Waals surface area contributed by atoms with Gasteiger partial charge in [-0.2, -0.15) is 12.6 Å². The molecule has 1 rings (SSSR count). The minimum Gasteiger partial charge on any atom is -0.403 e. The van der Waals surface area contributed by atoms with Gasteiger partial charge in [-0.3, -0.25) is 0 Å². The summed E-state index contributed by atoms with van der Waals surface area (Å²) >= 11 is 4.30. The minimum atomic E-state index is -0.228. The van der Waals surface area contributed by atoms with Crippen LogP contribution < -0.4 is 0 Å². The van der Waals surface area contributed by atoms with Gasteiger partial charge in [0.1, 0.15) is 0 Å². The summed E-state index contributed by atoms with van der Waals surface area (Å²) < 4.78 is 11.5. The minimum absolute atomic E-state index is 0.117. The largest absolute Gasteiger partial charge is 0.471 e. The molecule has 1 aliphatic rings. The Morgan fingerprint density at radius 3 is 1.58 bits per heavy atom. The Labute approximate surface area is 80.6 Å². The van der Waals surface area contributed by atoms with Crippen LogP contribution in [0.5, 0.6) is 0 Å². The standard InChI is InChI=1S/C8H17BO2S/c1-6(12)9-10-7(2,3)8(4,5)11-9/h6,12H,1-5H3. The number of thiol groups is 1. The Kier molecular flexibility index (Phi) is 2.54. The fraction of sp³-hybridized carbons (Fsp3) is 1.00. The first-order valence-electron chi connectivity index (χ1n) is 4.30. The summed E-state index contributed by atoms with van der Waals surface area (Å²) in [5.74, 6) is 0. The van der Waals surface area contributed by atoms with Crippen molar-refractivity contribution in [2.45, 2.75) is 51.0 Å². The predicted octanol–water partition coefficient (Wildman–Crippen LogP) is 1.94. The van der Waals surface area contributed by atoms with Crippen LogP contribution in [0.1, 0.15) is 34.6 Å². The molecule has 0 aliphatic carbocycles. The molecule has 0 N–H and O–H groups in total. The zero-order chi connectivity index (χ0) is 9.57. The highest BCUT2D eigenvalue weighted by Gasteiger charge is 2.52. The van der Waals surface area contributed by atoms with E-state index in [1.54, 1.807) is 0 Å². The van der Waals surface area contributed by atoms with Crippen molar-refractivity contribution < 1.29 is 9.31 Å². The quantitative estimate of drug-likeness (QED) is 0.500. The molecule has 0 radical (unpaired) electrons. The molecule has 1 aliphatic heterocycles. The third kappa shape index (κ3) is 1.65. The highest BCUT2D eigenvalue weighted by molar-refractivity contribution is 7.82. The van der Waals surface area contributed by atoms with Gasteiger partial charge < -0.3 is 9.31 Å². The van der Waals surface area contributed by atoms with Gasteiger partial charge in [-0.05, 0) is 27.7 Å². The molecule has 70 valence electrons. The van der Waals surface area contributed by atoms with Gasteiger partial charge in [-0.1, -0.05) is 6.92 Å². The Hall–Kier alpha value is 0.335. The van der Waals surface area contributed by atoms with Crippen molar-refractivity contribution in [1.82, 2.24) is 0 Å². The number of hydrogen-bond acceptors (Lipinski definition) is 3. The second-order valence-corrected chi connectivity index (χ2v) is 5.18. The summed E-state index contributed by atoms with van der Waals surface area (Å²) in [4.78, 5) is 0. The molecule has 1 saturated heterocycles. The molecule has 2 nitrogen and oxygen atoms in total. The fourth-order valence-corrected chi connectivity index (χ4v) is 1.21. The average molecular weight is 188 g/mol. The van der Waals surface area contributed by atoms with E-state index in [1.807, 2.05) is 34.6 Å². The van der Waals surface area contributed by atoms with Crippen LogP contribution in [0.25, 0.3) is 0 Å². The van der Waals surface area contributed by atoms with E-state index in [0.29, 0.717) is 0 Å². The summed E-state index contributed by atoms with van der Waals surface area (Å²) in [6, 6.07) is 0. The predicted molar refractivity (Wildman–Crippen MR) is 54.5 cm³/mol. The van der Waals surface area contributed by atoms with Crippen molar-refractivity contribution in [2.24, 2.45) is 0 Å². The van der Waals surface area contributed by atoms with Gasteiger partial charge in [0.15, 0.2) is 0 Å². The van der Waals surface area contributed by atoms with Crippen LogP contribution in [0.15, 0.2) is 0 Å².